The zero-order valence-electron chi connectivity index (χ0n) is 15.5. The first-order chi connectivity index (χ1) is 13.8. The van der Waals surface area contributed by atoms with E-state index in [2.05, 4.69) is 27.1 Å². The highest BCUT2D eigenvalue weighted by atomic mass is 32.2. The Bertz CT molecular complexity index is 978. The van der Waals surface area contributed by atoms with Gasteiger partial charge in [-0.1, -0.05) is 36.0 Å². The van der Waals surface area contributed by atoms with Crippen molar-refractivity contribution in [1.82, 2.24) is 15.2 Å². The molecule has 0 spiro atoms. The van der Waals surface area contributed by atoms with Gasteiger partial charge in [-0.05, 0) is 37.3 Å². The Balaban J connectivity index is 1.73. The number of anilines is 1. The van der Waals surface area contributed by atoms with Gasteiger partial charge in [0.2, 0.25) is 11.0 Å². The molecule has 4 rings (SSSR count). The van der Waals surface area contributed by atoms with Gasteiger partial charge in [0, 0.05) is 22.6 Å². The molecule has 142 valence electrons. The number of benzene rings is 2. The summed E-state index contributed by atoms with van der Waals surface area (Å²) in [6.45, 7) is 6.33. The minimum atomic E-state index is -0.410. The summed E-state index contributed by atoms with van der Waals surface area (Å²) in [6.07, 6.45) is 1.40. The van der Waals surface area contributed by atoms with Crippen molar-refractivity contribution in [2.24, 2.45) is 0 Å². The Morgan fingerprint density at radius 2 is 2.00 bits per heavy atom. The van der Waals surface area contributed by atoms with Crippen molar-refractivity contribution in [3.8, 4) is 22.9 Å². The first-order valence-corrected chi connectivity index (χ1v) is 10.0. The maximum atomic E-state index is 6.24. The van der Waals surface area contributed by atoms with Crippen molar-refractivity contribution < 1.29 is 9.47 Å². The molecule has 7 heteroatoms. The number of aromatic nitrogens is 3. The monoisotopic (exact) mass is 392 g/mol. The van der Waals surface area contributed by atoms with Crippen molar-refractivity contribution in [1.29, 1.82) is 0 Å². The molecule has 0 saturated heterocycles. The molecular weight excluding hydrogens is 372 g/mol. The highest BCUT2D eigenvalue weighted by Gasteiger charge is 2.25. The number of ether oxygens (including phenoxy) is 2. The van der Waals surface area contributed by atoms with E-state index in [0.717, 1.165) is 22.6 Å². The van der Waals surface area contributed by atoms with E-state index >= 15 is 0 Å². The first kappa shape index (κ1) is 18.3. The third kappa shape index (κ3) is 3.80. The van der Waals surface area contributed by atoms with Gasteiger partial charge in [0.05, 0.1) is 6.61 Å². The van der Waals surface area contributed by atoms with E-state index < -0.39 is 6.23 Å². The molecule has 1 N–H and O–H groups in total. The van der Waals surface area contributed by atoms with Gasteiger partial charge < -0.3 is 14.8 Å². The number of nitrogens with zero attached hydrogens (tertiary/aromatic N) is 3. The molecule has 0 bridgehead atoms. The maximum absolute atomic E-state index is 6.24. The highest BCUT2D eigenvalue weighted by molar-refractivity contribution is 7.99. The van der Waals surface area contributed by atoms with E-state index in [9.17, 15) is 0 Å². The fourth-order valence-corrected chi connectivity index (χ4v) is 3.41. The number of nitrogens with one attached hydrogen (secondary N) is 1. The Labute approximate surface area is 168 Å². The van der Waals surface area contributed by atoms with Crippen LogP contribution in [0.15, 0.2) is 66.3 Å². The van der Waals surface area contributed by atoms with Crippen LogP contribution in [0.5, 0.6) is 11.6 Å². The molecule has 1 aliphatic heterocycles. The number of thioether (sulfide) groups is 1. The van der Waals surface area contributed by atoms with Crippen LogP contribution in [0.2, 0.25) is 0 Å². The molecule has 1 aromatic heterocycles. The van der Waals surface area contributed by atoms with Crippen LogP contribution in [0.25, 0.3) is 11.3 Å². The van der Waals surface area contributed by atoms with Crippen LogP contribution in [0, 0.1) is 0 Å². The van der Waals surface area contributed by atoms with Gasteiger partial charge in [-0.2, -0.15) is 4.98 Å². The predicted octanol–water partition coefficient (Wildman–Crippen LogP) is 4.72. The van der Waals surface area contributed by atoms with E-state index in [1.54, 1.807) is 6.08 Å². The summed E-state index contributed by atoms with van der Waals surface area (Å²) < 4.78 is 11.8. The van der Waals surface area contributed by atoms with Gasteiger partial charge in [-0.15, -0.1) is 16.8 Å². The van der Waals surface area contributed by atoms with Crippen LogP contribution in [0.1, 0.15) is 18.7 Å². The Morgan fingerprint density at radius 3 is 2.79 bits per heavy atom. The number of hydrogen-bond donors (Lipinski definition) is 1. The molecule has 6 nitrogen and oxygen atoms in total. The summed E-state index contributed by atoms with van der Waals surface area (Å²) in [6, 6.07) is 15.8. The summed E-state index contributed by atoms with van der Waals surface area (Å²) in [5, 5.41) is 12.6. The highest BCUT2D eigenvalue weighted by Crippen LogP contribution is 2.39. The molecule has 0 saturated carbocycles. The molecule has 0 fully saturated rings. The topological polar surface area (TPSA) is 69.2 Å². The van der Waals surface area contributed by atoms with E-state index in [1.807, 2.05) is 55.5 Å². The van der Waals surface area contributed by atoms with Crippen molar-refractivity contribution in [2.45, 2.75) is 18.3 Å². The van der Waals surface area contributed by atoms with E-state index in [0.29, 0.717) is 29.1 Å². The largest absolute Gasteiger partial charge is 0.494 e. The fraction of sp³-hybridized carbons (Fsp3) is 0.190. The second kappa shape index (κ2) is 8.31. The molecule has 28 heavy (non-hydrogen) atoms. The van der Waals surface area contributed by atoms with E-state index in [1.165, 1.54) is 11.8 Å². The van der Waals surface area contributed by atoms with Crippen molar-refractivity contribution in [2.75, 3.05) is 17.7 Å². The molecule has 3 aromatic rings. The van der Waals surface area contributed by atoms with Crippen LogP contribution in [0.3, 0.4) is 0 Å². The minimum Gasteiger partial charge on any atom is -0.494 e. The second-order valence-corrected chi connectivity index (χ2v) is 7.02. The maximum Gasteiger partial charge on any atom is 0.247 e. The van der Waals surface area contributed by atoms with Gasteiger partial charge in [0.1, 0.15) is 5.75 Å². The molecule has 0 aliphatic carbocycles. The zero-order valence-corrected chi connectivity index (χ0v) is 16.3. The van der Waals surface area contributed by atoms with Crippen molar-refractivity contribution in [3.63, 3.8) is 0 Å². The van der Waals surface area contributed by atoms with Crippen LogP contribution < -0.4 is 14.8 Å². The average Bonchev–Trinajstić information content (AvgIpc) is 2.89. The molecule has 0 radical (unpaired) electrons. The van der Waals surface area contributed by atoms with Crippen LogP contribution in [-0.4, -0.2) is 27.5 Å². The summed E-state index contributed by atoms with van der Waals surface area (Å²) in [4.78, 5) is 4.59. The number of fused-ring (bicyclic) bond motifs is 3. The lowest BCUT2D eigenvalue weighted by atomic mass is 10.1. The van der Waals surface area contributed by atoms with E-state index in [-0.39, 0.29) is 0 Å². The number of hydrogen-bond acceptors (Lipinski definition) is 7. The van der Waals surface area contributed by atoms with Gasteiger partial charge in [-0.3, -0.25) is 0 Å². The summed E-state index contributed by atoms with van der Waals surface area (Å²) in [5.74, 6) is 1.99. The lowest BCUT2D eigenvalue weighted by Crippen LogP contribution is -2.17. The van der Waals surface area contributed by atoms with Crippen LogP contribution in [-0.2, 0) is 0 Å². The van der Waals surface area contributed by atoms with Gasteiger partial charge in [0.25, 0.3) is 0 Å². The lowest BCUT2D eigenvalue weighted by Gasteiger charge is -2.19. The van der Waals surface area contributed by atoms with Crippen LogP contribution >= 0.6 is 11.8 Å². The van der Waals surface area contributed by atoms with Gasteiger partial charge in [-0.25, -0.2) is 0 Å². The van der Waals surface area contributed by atoms with Gasteiger partial charge in [0.15, 0.2) is 11.9 Å². The molecule has 1 unspecified atom stereocenters. The molecule has 1 atom stereocenters. The summed E-state index contributed by atoms with van der Waals surface area (Å²) >= 11 is 1.47. The standard InChI is InChI=1S/C21H20N4O2S/c1-3-13-28-21-23-20-18(24-25-21)16-7-5-6-8-17(16)22-19(27-20)14-9-11-15(12-10-14)26-4-2/h3,5-12,19,22H,1,4,13H2,2H3. The Kier molecular flexibility index (Phi) is 5.43. The molecular formula is C21H20N4O2S. The quantitative estimate of drug-likeness (QED) is 0.481. The van der Waals surface area contributed by atoms with Crippen LogP contribution in [0.4, 0.5) is 5.69 Å². The number of rotatable bonds is 6. The summed E-state index contributed by atoms with van der Waals surface area (Å²) in [7, 11) is 0. The van der Waals surface area contributed by atoms with Crippen molar-refractivity contribution in [3.05, 3.63) is 66.7 Å². The fourth-order valence-electron chi connectivity index (χ4n) is 2.90. The molecule has 0 amide bonds. The Morgan fingerprint density at radius 1 is 1.18 bits per heavy atom. The normalized spacial score (nSPS) is 14.7. The van der Waals surface area contributed by atoms with E-state index in [4.69, 9.17) is 9.47 Å². The smallest absolute Gasteiger partial charge is 0.247 e. The number of para-hydroxylation sites is 1. The molecule has 1 aliphatic rings. The molecule has 2 heterocycles. The molecule has 2 aromatic carbocycles. The van der Waals surface area contributed by atoms with Gasteiger partial charge >= 0.3 is 0 Å². The predicted molar refractivity (Wildman–Crippen MR) is 111 cm³/mol. The average molecular weight is 392 g/mol. The lowest BCUT2D eigenvalue weighted by molar-refractivity contribution is 0.225. The third-order valence-corrected chi connectivity index (χ3v) is 4.99. The zero-order chi connectivity index (χ0) is 19.3. The van der Waals surface area contributed by atoms with Crippen molar-refractivity contribution >= 4 is 17.4 Å². The summed E-state index contributed by atoms with van der Waals surface area (Å²) in [5.41, 5.74) is 3.42. The SMILES string of the molecule is C=CCSc1nnc2c(n1)OC(c1ccc(OCC)cc1)Nc1ccccc1-2. The Hall–Kier alpha value is -3.06. The first-order valence-electron chi connectivity index (χ1n) is 9.02. The third-order valence-electron chi connectivity index (χ3n) is 4.16. The second-order valence-electron chi connectivity index (χ2n) is 6.04. The minimum absolute atomic E-state index is 0.410.